The van der Waals surface area contributed by atoms with E-state index < -0.39 is 29.4 Å². The predicted octanol–water partition coefficient (Wildman–Crippen LogP) is 22.6. The lowest BCUT2D eigenvalue weighted by molar-refractivity contribution is -0.137. The van der Waals surface area contributed by atoms with Crippen molar-refractivity contribution in [2.24, 2.45) is 0 Å². The largest absolute Gasteiger partial charge is 0.506 e. The number of benzene rings is 13. The molecular formula is C106H83F4N9O10. The van der Waals surface area contributed by atoms with Crippen molar-refractivity contribution in [3.8, 4) is 78.6 Å². The molecule has 0 aliphatic carbocycles. The SMILES string of the molecule is CC(=O)c1ccc(NC(=O)c2cccc(-c3cc(O)c4ncccc4c3)c2)cc1.Cc1cc(CNC(=O)c2cccc(-c3cc(O)c4ncccc4c3)c2)cc(C(F)(F)F)c1.Cc1ccc(NC(=O)c2cccc(-c3cc(O)c4ncccc4c3)c2)c(F)c1.O=C(NCc1ccccc1-c1ccc(CN2CCCC2=O)cc1)c1cccc(-c2cc(O)c3ncccc3c2)c1. The first-order valence-electron chi connectivity index (χ1n) is 41.2. The lowest BCUT2D eigenvalue weighted by Crippen LogP contribution is -2.23. The summed E-state index contributed by atoms with van der Waals surface area (Å²) in [4.78, 5) is 93.1. The number of phenolic OH excluding ortho intramolecular Hbond substituents is 4. The number of pyridine rings is 4. The third-order valence-electron chi connectivity index (χ3n) is 21.7. The Morgan fingerprint density at radius 2 is 0.822 bits per heavy atom. The van der Waals surface area contributed by atoms with Gasteiger partial charge < -0.3 is 46.6 Å². The molecule has 0 saturated carbocycles. The van der Waals surface area contributed by atoms with E-state index in [9.17, 15) is 66.8 Å². The van der Waals surface area contributed by atoms with Gasteiger partial charge in [-0.15, -0.1) is 0 Å². The first-order chi connectivity index (χ1) is 62.3. The number of likely N-dealkylation sites (tertiary alicyclic amines) is 1. The number of aryl methyl sites for hydroxylation is 2. The molecule has 0 unspecified atom stereocenters. The summed E-state index contributed by atoms with van der Waals surface area (Å²) >= 11 is 0. The van der Waals surface area contributed by atoms with Crippen LogP contribution in [0.25, 0.3) is 99.2 Å². The first-order valence-corrected chi connectivity index (χ1v) is 41.2. The van der Waals surface area contributed by atoms with Gasteiger partial charge in [0, 0.05) is 112 Å². The normalized spacial score (nSPS) is 11.7. The van der Waals surface area contributed by atoms with Crippen LogP contribution in [0.3, 0.4) is 0 Å². The number of halogens is 4. The van der Waals surface area contributed by atoms with Crippen LogP contribution in [-0.4, -0.2) is 87.1 Å². The summed E-state index contributed by atoms with van der Waals surface area (Å²) in [5, 5.41) is 55.7. The van der Waals surface area contributed by atoms with Crippen LogP contribution in [0.5, 0.6) is 23.0 Å². The van der Waals surface area contributed by atoms with Gasteiger partial charge in [-0.2, -0.15) is 13.2 Å². The fourth-order valence-electron chi connectivity index (χ4n) is 15.2. The molecule has 5 amide bonds. The van der Waals surface area contributed by atoms with E-state index in [1.54, 1.807) is 178 Å². The van der Waals surface area contributed by atoms with Crippen molar-refractivity contribution in [2.45, 2.75) is 59.4 Å². The Balaban J connectivity index is 0.000000133. The summed E-state index contributed by atoms with van der Waals surface area (Å²) in [5.74, 6) is -1.20. The van der Waals surface area contributed by atoms with Gasteiger partial charge in [-0.25, -0.2) is 4.39 Å². The molecule has 1 fully saturated rings. The summed E-state index contributed by atoms with van der Waals surface area (Å²) in [6.07, 6.45) is 3.64. The molecule has 4 aromatic heterocycles. The highest BCUT2D eigenvalue weighted by molar-refractivity contribution is 6.07. The van der Waals surface area contributed by atoms with Crippen molar-refractivity contribution in [3.05, 3.63) is 395 Å². The minimum atomic E-state index is -4.44. The number of hydrogen-bond acceptors (Lipinski definition) is 14. The number of aromatic nitrogens is 4. The van der Waals surface area contributed by atoms with Crippen LogP contribution in [0, 0.1) is 19.7 Å². The van der Waals surface area contributed by atoms with Crippen LogP contribution in [0.15, 0.2) is 328 Å². The molecule has 18 rings (SSSR count). The van der Waals surface area contributed by atoms with E-state index in [2.05, 4.69) is 71.5 Å². The van der Waals surface area contributed by atoms with E-state index in [0.717, 1.165) is 108 Å². The molecule has 640 valence electrons. The number of nitrogens with zero attached hydrogens (tertiary/aromatic N) is 5. The molecule has 1 saturated heterocycles. The molecule has 17 aromatic rings. The van der Waals surface area contributed by atoms with E-state index >= 15 is 0 Å². The Bertz CT molecular complexity index is 7150. The van der Waals surface area contributed by atoms with E-state index in [4.69, 9.17) is 0 Å². The van der Waals surface area contributed by atoms with E-state index in [-0.39, 0.29) is 58.7 Å². The van der Waals surface area contributed by atoms with Crippen molar-refractivity contribution in [1.29, 1.82) is 0 Å². The molecule has 129 heavy (non-hydrogen) atoms. The number of phenols is 4. The number of carbonyl (C=O) groups is 6. The van der Waals surface area contributed by atoms with Gasteiger partial charge in [-0.1, -0.05) is 139 Å². The number of alkyl halides is 3. The number of fused-ring (bicyclic) bond motifs is 4. The van der Waals surface area contributed by atoms with Crippen LogP contribution < -0.4 is 21.3 Å². The van der Waals surface area contributed by atoms with Crippen LogP contribution in [0.4, 0.5) is 28.9 Å². The molecule has 0 atom stereocenters. The Labute approximate surface area is 738 Å². The lowest BCUT2D eigenvalue weighted by Gasteiger charge is -2.16. The molecule has 5 heterocycles. The van der Waals surface area contributed by atoms with Gasteiger partial charge in [-0.3, -0.25) is 48.7 Å². The molecule has 0 radical (unpaired) electrons. The first kappa shape index (κ1) is 87.3. The Morgan fingerprint density at radius 3 is 1.25 bits per heavy atom. The number of nitrogens with one attached hydrogen (secondary N) is 4. The van der Waals surface area contributed by atoms with Crippen LogP contribution in [0.2, 0.25) is 0 Å². The molecule has 8 N–H and O–H groups in total. The number of aromatic hydroxyl groups is 4. The van der Waals surface area contributed by atoms with Crippen LogP contribution in [-0.2, 0) is 30.6 Å². The van der Waals surface area contributed by atoms with Crippen molar-refractivity contribution < 1.29 is 66.8 Å². The standard InChI is InChI=1S/C34H29N3O3.C25H19F3N2O2.C24H18N2O3.C23H17FN2O2/c38-31-20-29(19-26-9-4-16-35-33(26)31)25-7-3-8-27(18-25)34(40)36-21-28-6-1-2-10-30(28)24-14-12-23(13-15-24)22-37-17-5-11-32(37)39;1-15-8-16(10-21(9-15)25(26,27)28)14-30-24(32)19-5-2-4-17(11-19)20-12-18-6-3-7-29-23(18)22(31)13-20;1-15(27)16-7-9-21(10-8-16)26-24(29)19-5-2-4-17(12-19)20-13-18-6-3-11-25-23(18)22(28)14-20;1-14-7-8-20(19(24)10-14)26-23(28)17-5-2-4-15(11-17)18-12-16-6-3-9-25-22(16)21(27)13-18/h1-4,6-10,12-16,18-20,38H,5,11,17,21-22H2,(H,36,40);2-13,31H,14H2,1H3,(H,30,32);2-14,28H,1H3,(H,26,29);2-13,27H,1H3,(H,26,28). The summed E-state index contributed by atoms with van der Waals surface area (Å²) in [5.41, 5.74) is 16.6. The zero-order valence-electron chi connectivity index (χ0n) is 69.9. The lowest BCUT2D eigenvalue weighted by atomic mass is 9.98. The number of rotatable bonds is 18. The van der Waals surface area contributed by atoms with Gasteiger partial charge in [0.25, 0.3) is 23.6 Å². The predicted molar refractivity (Wildman–Crippen MR) is 494 cm³/mol. The molecule has 1 aliphatic heterocycles. The van der Waals surface area contributed by atoms with Crippen molar-refractivity contribution in [1.82, 2.24) is 35.5 Å². The summed E-state index contributed by atoms with van der Waals surface area (Å²) in [7, 11) is 0. The van der Waals surface area contributed by atoms with Crippen LogP contribution in [0.1, 0.15) is 105 Å². The van der Waals surface area contributed by atoms with Gasteiger partial charge in [0.15, 0.2) is 5.78 Å². The van der Waals surface area contributed by atoms with E-state index in [1.807, 2.05) is 120 Å². The maximum absolute atomic E-state index is 14.0. The Kier molecular flexibility index (Phi) is 26.5. The Hall–Kier alpha value is -16.6. The zero-order chi connectivity index (χ0) is 90.4. The topological polar surface area (TPSA) is 286 Å². The fourth-order valence-corrected chi connectivity index (χ4v) is 15.2. The average Bonchev–Trinajstić information content (AvgIpc) is 1.64. The summed E-state index contributed by atoms with van der Waals surface area (Å²) in [6, 6.07) is 88.7. The molecule has 13 aromatic carbocycles. The monoisotopic (exact) mass is 1720 g/mol. The highest BCUT2D eigenvalue weighted by Crippen LogP contribution is 2.38. The summed E-state index contributed by atoms with van der Waals surface area (Å²) in [6.45, 7) is 6.69. The maximum atomic E-state index is 14.0. The van der Waals surface area contributed by atoms with Crippen molar-refractivity contribution in [3.63, 3.8) is 0 Å². The number of ketones is 1. The van der Waals surface area contributed by atoms with Crippen molar-refractivity contribution >= 4 is 90.3 Å². The second-order valence-electron chi connectivity index (χ2n) is 31.0. The number of anilines is 2. The smallest absolute Gasteiger partial charge is 0.416 e. The number of hydrogen-bond donors (Lipinski definition) is 8. The third kappa shape index (κ3) is 21.5. The van der Waals surface area contributed by atoms with Crippen molar-refractivity contribution in [2.75, 3.05) is 17.2 Å². The average molecular weight is 1720 g/mol. The van der Waals surface area contributed by atoms with Gasteiger partial charge >= 0.3 is 6.18 Å². The van der Waals surface area contributed by atoms with Gasteiger partial charge in [0.2, 0.25) is 5.91 Å². The summed E-state index contributed by atoms with van der Waals surface area (Å²) < 4.78 is 53.1. The second-order valence-corrected chi connectivity index (χ2v) is 31.0. The molecule has 1 aliphatic rings. The number of amides is 5. The van der Waals surface area contributed by atoms with Gasteiger partial charge in [0.1, 0.15) is 50.9 Å². The molecule has 19 nitrogen and oxygen atoms in total. The molecule has 23 heteroatoms. The minimum Gasteiger partial charge on any atom is -0.506 e. The fraction of sp³-hybridized carbons (Fsp3) is 0.0943. The van der Waals surface area contributed by atoms with Crippen LogP contribution >= 0.6 is 0 Å². The van der Waals surface area contributed by atoms with E-state index in [0.29, 0.717) is 97.3 Å². The minimum absolute atomic E-state index is 0.0237. The quantitative estimate of drug-likeness (QED) is 0.0293. The number of carbonyl (C=O) groups excluding carboxylic acids is 6. The second kappa shape index (κ2) is 39.1. The maximum Gasteiger partial charge on any atom is 0.416 e. The van der Waals surface area contributed by atoms with Gasteiger partial charge in [-0.05, 0) is 275 Å². The molecular weight excluding hydrogens is 1640 g/mol. The van der Waals surface area contributed by atoms with Gasteiger partial charge in [0.05, 0.1) is 11.3 Å². The number of Topliss-reactive ketones (excluding diaryl/α,β-unsaturated/α-hetero) is 1. The third-order valence-corrected chi connectivity index (χ3v) is 21.7. The molecule has 0 bridgehead atoms. The highest BCUT2D eigenvalue weighted by Gasteiger charge is 2.31. The highest BCUT2D eigenvalue weighted by atomic mass is 19.4. The Morgan fingerprint density at radius 1 is 0.388 bits per heavy atom. The zero-order valence-corrected chi connectivity index (χ0v) is 69.9. The van der Waals surface area contributed by atoms with E-state index in [1.165, 1.54) is 13.0 Å². The molecule has 0 spiro atoms.